The van der Waals surface area contributed by atoms with Crippen LogP contribution in [0.2, 0.25) is 0 Å². The third kappa shape index (κ3) is 5.80. The molecule has 3 rings (SSSR count). The lowest BCUT2D eigenvalue weighted by Crippen LogP contribution is -2.28. The highest BCUT2D eigenvalue weighted by Crippen LogP contribution is 2.30. The van der Waals surface area contributed by atoms with Crippen molar-refractivity contribution in [2.75, 3.05) is 5.32 Å². The second kappa shape index (κ2) is 8.95. The molecule has 10 heteroatoms. The molecular weight excluding hydrogens is 417 g/mol. The summed E-state index contributed by atoms with van der Waals surface area (Å²) < 4.78 is 38.5. The molecule has 0 aliphatic carbocycles. The molecule has 1 heterocycles. The molecule has 0 spiro atoms. The molecule has 3 amide bonds. The van der Waals surface area contributed by atoms with Crippen LogP contribution < -0.4 is 16.4 Å². The van der Waals surface area contributed by atoms with Gasteiger partial charge in [-0.05, 0) is 29.3 Å². The maximum absolute atomic E-state index is 12.8. The van der Waals surface area contributed by atoms with Crippen molar-refractivity contribution in [1.29, 1.82) is 0 Å². The zero-order chi connectivity index (χ0) is 21.7. The average Bonchev–Trinajstić information content (AvgIpc) is 3.13. The minimum absolute atomic E-state index is 0.253. The number of alkyl halides is 3. The van der Waals surface area contributed by atoms with E-state index >= 15 is 0 Å². The van der Waals surface area contributed by atoms with E-state index in [9.17, 15) is 22.8 Å². The van der Waals surface area contributed by atoms with E-state index in [4.69, 9.17) is 5.73 Å². The standard InChI is InChI=1S/C20H17F3N4O2S/c21-20(22,23)15-3-1-2-13(8-15)9-16-11-26-19(30-16)27-17(28)14-6-4-12(5-7-14)10-25-18(24)29/h1-8,11H,9-10H2,(H3,24,25,29)(H,26,27,28). The summed E-state index contributed by atoms with van der Waals surface area (Å²) in [5, 5.41) is 5.47. The quantitative estimate of drug-likeness (QED) is 0.543. The van der Waals surface area contributed by atoms with Gasteiger partial charge in [0.15, 0.2) is 5.13 Å². The second-order valence-electron chi connectivity index (χ2n) is 6.38. The monoisotopic (exact) mass is 434 g/mol. The summed E-state index contributed by atoms with van der Waals surface area (Å²) in [5.74, 6) is -0.371. The number of urea groups is 1. The molecular formula is C20H17F3N4O2S. The fourth-order valence-electron chi connectivity index (χ4n) is 2.64. The number of carbonyl (C=O) groups is 2. The lowest BCUT2D eigenvalue weighted by molar-refractivity contribution is -0.137. The molecule has 2 aromatic carbocycles. The second-order valence-corrected chi connectivity index (χ2v) is 7.49. The molecule has 4 N–H and O–H groups in total. The number of amides is 3. The lowest BCUT2D eigenvalue weighted by atomic mass is 10.1. The van der Waals surface area contributed by atoms with Gasteiger partial charge >= 0.3 is 12.2 Å². The van der Waals surface area contributed by atoms with Crippen molar-refractivity contribution >= 4 is 28.4 Å². The SMILES string of the molecule is NC(=O)NCc1ccc(C(=O)Nc2ncc(Cc3cccc(C(F)(F)F)c3)s2)cc1. The fraction of sp³-hybridized carbons (Fsp3) is 0.150. The summed E-state index contributed by atoms with van der Waals surface area (Å²) >= 11 is 1.19. The number of carbonyl (C=O) groups excluding carboxylic acids is 2. The van der Waals surface area contributed by atoms with Crippen molar-refractivity contribution in [2.45, 2.75) is 19.1 Å². The van der Waals surface area contributed by atoms with E-state index in [-0.39, 0.29) is 18.9 Å². The molecule has 1 aromatic heterocycles. The maximum atomic E-state index is 12.8. The van der Waals surface area contributed by atoms with Crippen LogP contribution in [0.15, 0.2) is 54.7 Å². The molecule has 0 aliphatic heterocycles. The van der Waals surface area contributed by atoms with Crippen molar-refractivity contribution in [3.8, 4) is 0 Å². The van der Waals surface area contributed by atoms with Gasteiger partial charge in [0.05, 0.1) is 5.56 Å². The number of aromatic nitrogens is 1. The molecule has 0 saturated carbocycles. The normalized spacial score (nSPS) is 11.2. The number of nitrogens with zero attached hydrogens (tertiary/aromatic N) is 1. The van der Waals surface area contributed by atoms with Crippen molar-refractivity contribution in [3.63, 3.8) is 0 Å². The van der Waals surface area contributed by atoms with Crippen LogP contribution in [-0.4, -0.2) is 16.9 Å². The highest BCUT2D eigenvalue weighted by molar-refractivity contribution is 7.15. The van der Waals surface area contributed by atoms with Crippen LogP contribution in [0.5, 0.6) is 0 Å². The van der Waals surface area contributed by atoms with Crippen molar-refractivity contribution in [1.82, 2.24) is 10.3 Å². The third-order valence-electron chi connectivity index (χ3n) is 4.09. The zero-order valence-electron chi connectivity index (χ0n) is 15.5. The van der Waals surface area contributed by atoms with Gasteiger partial charge in [-0.2, -0.15) is 13.2 Å². The number of rotatable bonds is 6. The summed E-state index contributed by atoms with van der Waals surface area (Å²) in [6, 6.07) is 11.0. The van der Waals surface area contributed by atoms with Crippen molar-refractivity contribution in [2.24, 2.45) is 5.73 Å². The van der Waals surface area contributed by atoms with E-state index in [1.165, 1.54) is 23.6 Å². The number of nitrogens with one attached hydrogen (secondary N) is 2. The summed E-state index contributed by atoms with van der Waals surface area (Å²) in [4.78, 5) is 27.9. The first-order valence-corrected chi connectivity index (χ1v) is 9.57. The minimum atomic E-state index is -4.39. The first-order chi connectivity index (χ1) is 14.2. The van der Waals surface area contributed by atoms with Gasteiger partial charge in [0.1, 0.15) is 0 Å². The Hall–Kier alpha value is -3.40. The molecule has 3 aromatic rings. The number of hydrogen-bond donors (Lipinski definition) is 3. The predicted octanol–water partition coefficient (Wildman–Crippen LogP) is 4.17. The lowest BCUT2D eigenvalue weighted by Gasteiger charge is -2.07. The first-order valence-electron chi connectivity index (χ1n) is 8.75. The molecule has 0 saturated heterocycles. The van der Waals surface area contributed by atoms with Gasteiger partial charge in [-0.3, -0.25) is 10.1 Å². The van der Waals surface area contributed by atoms with Crippen LogP contribution >= 0.6 is 11.3 Å². The van der Waals surface area contributed by atoms with Gasteiger partial charge in [-0.15, -0.1) is 11.3 Å². The Morgan fingerprint density at radius 3 is 2.47 bits per heavy atom. The number of nitrogens with two attached hydrogens (primary N) is 1. The van der Waals surface area contributed by atoms with E-state index < -0.39 is 17.8 Å². The van der Waals surface area contributed by atoms with Crippen LogP contribution in [-0.2, 0) is 19.1 Å². The van der Waals surface area contributed by atoms with E-state index in [0.717, 1.165) is 22.6 Å². The van der Waals surface area contributed by atoms with Crippen LogP contribution in [0.1, 0.15) is 31.9 Å². The van der Waals surface area contributed by atoms with E-state index in [1.807, 2.05) is 0 Å². The zero-order valence-corrected chi connectivity index (χ0v) is 16.3. The Morgan fingerprint density at radius 1 is 1.07 bits per heavy atom. The molecule has 6 nitrogen and oxygen atoms in total. The van der Waals surface area contributed by atoms with E-state index in [1.54, 1.807) is 30.3 Å². The summed E-state index contributed by atoms with van der Waals surface area (Å²) in [6.07, 6.45) is -2.59. The number of halogens is 3. The Morgan fingerprint density at radius 2 is 1.80 bits per heavy atom. The highest BCUT2D eigenvalue weighted by atomic mass is 32.1. The molecule has 0 bridgehead atoms. The van der Waals surface area contributed by atoms with Gasteiger partial charge in [0, 0.05) is 29.6 Å². The number of benzene rings is 2. The first kappa shape index (κ1) is 21.3. The number of primary amides is 1. The molecule has 0 unspecified atom stereocenters. The minimum Gasteiger partial charge on any atom is -0.352 e. The molecule has 0 fully saturated rings. The van der Waals surface area contributed by atoms with Crippen LogP contribution in [0.3, 0.4) is 0 Å². The number of hydrogen-bond acceptors (Lipinski definition) is 4. The van der Waals surface area contributed by atoms with Crippen LogP contribution in [0.4, 0.5) is 23.1 Å². The predicted molar refractivity (Wildman–Crippen MR) is 107 cm³/mol. The smallest absolute Gasteiger partial charge is 0.352 e. The molecule has 156 valence electrons. The number of thiazole rings is 1. The topological polar surface area (TPSA) is 97.1 Å². The van der Waals surface area contributed by atoms with Crippen LogP contribution in [0.25, 0.3) is 0 Å². The number of anilines is 1. The van der Waals surface area contributed by atoms with Gasteiger partial charge < -0.3 is 11.1 Å². The van der Waals surface area contributed by atoms with Gasteiger partial charge in [-0.25, -0.2) is 9.78 Å². The Bertz CT molecular complexity index is 1050. The van der Waals surface area contributed by atoms with Crippen molar-refractivity contribution in [3.05, 3.63) is 81.9 Å². The van der Waals surface area contributed by atoms with Gasteiger partial charge in [0.25, 0.3) is 5.91 Å². The fourth-order valence-corrected chi connectivity index (χ4v) is 3.48. The van der Waals surface area contributed by atoms with Crippen molar-refractivity contribution < 1.29 is 22.8 Å². The third-order valence-corrected chi connectivity index (χ3v) is 5.00. The van der Waals surface area contributed by atoms with Crippen LogP contribution in [0, 0.1) is 0 Å². The van der Waals surface area contributed by atoms with E-state index in [2.05, 4.69) is 15.6 Å². The Labute approximate surface area is 173 Å². The molecule has 0 radical (unpaired) electrons. The Balaban J connectivity index is 1.61. The molecule has 0 aliphatic rings. The Kier molecular flexibility index (Phi) is 6.36. The summed E-state index contributed by atoms with van der Waals surface area (Å²) in [7, 11) is 0. The average molecular weight is 434 g/mol. The van der Waals surface area contributed by atoms with Gasteiger partial charge in [0.2, 0.25) is 0 Å². The summed E-state index contributed by atoms with van der Waals surface area (Å²) in [5.41, 5.74) is 5.99. The molecule has 0 atom stereocenters. The molecule has 30 heavy (non-hydrogen) atoms. The maximum Gasteiger partial charge on any atom is 0.416 e. The van der Waals surface area contributed by atoms with Gasteiger partial charge in [-0.1, -0.05) is 30.3 Å². The van der Waals surface area contributed by atoms with E-state index in [0.29, 0.717) is 16.3 Å². The highest BCUT2D eigenvalue weighted by Gasteiger charge is 2.30. The summed E-state index contributed by atoms with van der Waals surface area (Å²) in [6.45, 7) is 0.253. The largest absolute Gasteiger partial charge is 0.416 e.